The van der Waals surface area contributed by atoms with Gasteiger partial charge in [-0.3, -0.25) is 4.40 Å². The van der Waals surface area contributed by atoms with Crippen molar-refractivity contribution in [3.05, 3.63) is 60.8 Å². The van der Waals surface area contributed by atoms with Crippen LogP contribution in [0.5, 0.6) is 0 Å². The molecule has 0 atom stereocenters. The van der Waals surface area contributed by atoms with E-state index in [2.05, 4.69) is 52.1 Å². The molecule has 3 heterocycles. The molecule has 2 N–H and O–H groups in total. The fourth-order valence-corrected chi connectivity index (χ4v) is 2.59. The number of hydrazine groups is 1. The zero-order valence-corrected chi connectivity index (χ0v) is 15.8. The van der Waals surface area contributed by atoms with Crippen LogP contribution in [0.25, 0.3) is 11.2 Å². The van der Waals surface area contributed by atoms with Crippen molar-refractivity contribution in [1.82, 2.24) is 24.8 Å². The Morgan fingerprint density at radius 1 is 1.12 bits per heavy atom. The van der Waals surface area contributed by atoms with Crippen LogP contribution in [0, 0.1) is 5.92 Å². The predicted molar refractivity (Wildman–Crippen MR) is 107 cm³/mol. The second-order valence-electron chi connectivity index (χ2n) is 6.94. The molecule has 0 amide bonds. The summed E-state index contributed by atoms with van der Waals surface area (Å²) in [5.41, 5.74) is 7.33. The largest absolute Gasteiger partial charge is 0.337 e. The molecule has 136 valence electrons. The Hall–Kier alpha value is -2.86. The summed E-state index contributed by atoms with van der Waals surface area (Å²) >= 11 is 0. The van der Waals surface area contributed by atoms with Gasteiger partial charge in [0, 0.05) is 43.4 Å². The highest BCUT2D eigenvalue weighted by Crippen LogP contribution is 2.23. The summed E-state index contributed by atoms with van der Waals surface area (Å²) in [7, 11) is 1.99. The number of hydrogen-bond acceptors (Lipinski definition) is 5. The standard InChI is InChI=1S/C16H16N6.C4H10/c1-21-11-12(9-19-21)14-10-18-16-15(17-7-8-22(14)16)20-13-5-3-2-4-6-13;1-4(2)3/h2-8,10-11,19H,9H2,1H3,(H,17,20);4H,1-3H3. The molecule has 1 aliphatic heterocycles. The molecule has 1 aromatic carbocycles. The lowest BCUT2D eigenvalue weighted by molar-refractivity contribution is 0.374. The first kappa shape index (κ1) is 17.9. The van der Waals surface area contributed by atoms with E-state index < -0.39 is 0 Å². The highest BCUT2D eigenvalue weighted by Gasteiger charge is 2.16. The number of nitrogens with zero attached hydrogens (tertiary/aromatic N) is 4. The van der Waals surface area contributed by atoms with E-state index in [0.29, 0.717) is 0 Å². The maximum absolute atomic E-state index is 4.54. The summed E-state index contributed by atoms with van der Waals surface area (Å²) in [6.07, 6.45) is 7.69. The highest BCUT2D eigenvalue weighted by atomic mass is 15.5. The number of nitrogens with one attached hydrogen (secondary N) is 2. The van der Waals surface area contributed by atoms with Gasteiger partial charge in [0.05, 0.1) is 11.9 Å². The van der Waals surface area contributed by atoms with Gasteiger partial charge in [-0.05, 0) is 18.1 Å². The van der Waals surface area contributed by atoms with Crippen molar-refractivity contribution in [2.75, 3.05) is 18.9 Å². The van der Waals surface area contributed by atoms with Crippen LogP contribution in [-0.4, -0.2) is 33.0 Å². The molecule has 0 fully saturated rings. The molecular weight excluding hydrogens is 324 g/mol. The topological polar surface area (TPSA) is 57.5 Å². The maximum Gasteiger partial charge on any atom is 0.180 e. The minimum Gasteiger partial charge on any atom is -0.337 e. The van der Waals surface area contributed by atoms with E-state index in [1.54, 1.807) is 6.20 Å². The van der Waals surface area contributed by atoms with E-state index in [4.69, 9.17) is 0 Å². The SMILES string of the molecule is CC(C)C.CN1C=C(c2cnc3c(Nc4ccccc4)nccn23)CN1. The summed E-state index contributed by atoms with van der Waals surface area (Å²) in [5.74, 6) is 1.58. The molecule has 2 aromatic heterocycles. The molecule has 0 saturated carbocycles. The molecule has 6 heteroatoms. The molecule has 0 spiro atoms. The average Bonchev–Trinajstić information content (AvgIpc) is 3.22. The number of imidazole rings is 1. The molecule has 0 bridgehead atoms. The monoisotopic (exact) mass is 350 g/mol. The van der Waals surface area contributed by atoms with Gasteiger partial charge >= 0.3 is 0 Å². The van der Waals surface area contributed by atoms with Gasteiger partial charge < -0.3 is 10.3 Å². The van der Waals surface area contributed by atoms with Crippen LogP contribution in [0.15, 0.2) is 55.1 Å². The number of rotatable bonds is 3. The summed E-state index contributed by atoms with van der Waals surface area (Å²) in [6, 6.07) is 9.98. The van der Waals surface area contributed by atoms with E-state index in [1.165, 1.54) is 5.57 Å². The summed E-state index contributed by atoms with van der Waals surface area (Å²) in [4.78, 5) is 8.95. The van der Waals surface area contributed by atoms with Crippen molar-refractivity contribution in [3.63, 3.8) is 0 Å². The van der Waals surface area contributed by atoms with Gasteiger partial charge in [-0.1, -0.05) is 39.0 Å². The molecule has 4 rings (SSSR count). The Morgan fingerprint density at radius 2 is 1.85 bits per heavy atom. The van der Waals surface area contributed by atoms with Crippen molar-refractivity contribution in [3.8, 4) is 0 Å². The molecule has 1 aliphatic rings. The van der Waals surface area contributed by atoms with Gasteiger partial charge in [-0.15, -0.1) is 0 Å². The van der Waals surface area contributed by atoms with E-state index in [9.17, 15) is 0 Å². The van der Waals surface area contributed by atoms with Crippen molar-refractivity contribution < 1.29 is 0 Å². The first-order valence-corrected chi connectivity index (χ1v) is 8.86. The summed E-state index contributed by atoms with van der Waals surface area (Å²) in [6.45, 7) is 7.30. The van der Waals surface area contributed by atoms with E-state index in [1.807, 2.05) is 54.8 Å². The van der Waals surface area contributed by atoms with Gasteiger partial charge in [-0.25, -0.2) is 15.4 Å². The van der Waals surface area contributed by atoms with E-state index >= 15 is 0 Å². The van der Waals surface area contributed by atoms with Crippen LogP contribution in [0.2, 0.25) is 0 Å². The lowest BCUT2D eigenvalue weighted by Gasteiger charge is -2.07. The van der Waals surface area contributed by atoms with E-state index in [-0.39, 0.29) is 0 Å². The molecule has 6 nitrogen and oxygen atoms in total. The highest BCUT2D eigenvalue weighted by molar-refractivity contribution is 5.74. The zero-order chi connectivity index (χ0) is 18.5. The van der Waals surface area contributed by atoms with Crippen molar-refractivity contribution >= 4 is 22.7 Å². The molecular formula is C20H26N6. The number of fused-ring (bicyclic) bond motifs is 1. The minimum absolute atomic E-state index is 0.750. The van der Waals surface area contributed by atoms with Gasteiger partial charge in [0.15, 0.2) is 11.5 Å². The van der Waals surface area contributed by atoms with Crippen LogP contribution in [0.1, 0.15) is 26.5 Å². The Kier molecular flexibility index (Phi) is 5.53. The lowest BCUT2D eigenvalue weighted by Crippen LogP contribution is -2.23. The Labute approximate surface area is 154 Å². The summed E-state index contributed by atoms with van der Waals surface area (Å²) < 4.78 is 2.06. The average molecular weight is 350 g/mol. The van der Waals surface area contributed by atoms with Crippen LogP contribution in [-0.2, 0) is 0 Å². The molecule has 0 aliphatic carbocycles. The van der Waals surface area contributed by atoms with E-state index in [0.717, 1.165) is 35.3 Å². The fourth-order valence-electron chi connectivity index (χ4n) is 2.59. The van der Waals surface area contributed by atoms with Gasteiger partial charge in [-0.2, -0.15) is 0 Å². The second kappa shape index (κ2) is 8.01. The number of anilines is 2. The summed E-state index contributed by atoms with van der Waals surface area (Å²) in [5, 5.41) is 5.28. The predicted octanol–water partition coefficient (Wildman–Crippen LogP) is 3.93. The third-order valence-corrected chi connectivity index (χ3v) is 3.66. The van der Waals surface area contributed by atoms with Crippen LogP contribution < -0.4 is 10.7 Å². The third-order valence-electron chi connectivity index (χ3n) is 3.66. The number of benzene rings is 1. The van der Waals surface area contributed by atoms with Gasteiger partial charge in [0.1, 0.15) is 0 Å². The zero-order valence-electron chi connectivity index (χ0n) is 15.8. The first-order chi connectivity index (χ1) is 12.5. The Morgan fingerprint density at radius 3 is 2.50 bits per heavy atom. The smallest absolute Gasteiger partial charge is 0.180 e. The molecule has 0 radical (unpaired) electrons. The second-order valence-corrected chi connectivity index (χ2v) is 6.94. The van der Waals surface area contributed by atoms with Crippen molar-refractivity contribution in [2.24, 2.45) is 5.92 Å². The van der Waals surface area contributed by atoms with Crippen molar-refractivity contribution in [1.29, 1.82) is 0 Å². The lowest BCUT2D eigenvalue weighted by atomic mass is 10.2. The quantitative estimate of drug-likeness (QED) is 0.750. The minimum atomic E-state index is 0.750. The first-order valence-electron chi connectivity index (χ1n) is 8.86. The fraction of sp³-hybridized carbons (Fsp3) is 0.300. The number of aromatic nitrogens is 3. The Balaban J connectivity index is 0.000000447. The molecule has 3 aromatic rings. The molecule has 0 saturated heterocycles. The normalized spacial score (nSPS) is 13.6. The van der Waals surface area contributed by atoms with Gasteiger partial charge in [0.25, 0.3) is 0 Å². The molecule has 26 heavy (non-hydrogen) atoms. The number of para-hydroxylation sites is 1. The van der Waals surface area contributed by atoms with Crippen LogP contribution in [0.4, 0.5) is 11.5 Å². The van der Waals surface area contributed by atoms with Crippen molar-refractivity contribution in [2.45, 2.75) is 20.8 Å². The third kappa shape index (κ3) is 4.21. The van der Waals surface area contributed by atoms with Crippen LogP contribution >= 0.6 is 0 Å². The number of hydrogen-bond donors (Lipinski definition) is 2. The van der Waals surface area contributed by atoms with Crippen LogP contribution in [0.3, 0.4) is 0 Å². The Bertz CT molecular complexity index is 879. The van der Waals surface area contributed by atoms with Gasteiger partial charge in [0.2, 0.25) is 0 Å². The maximum atomic E-state index is 4.54. The molecule has 0 unspecified atom stereocenters.